The van der Waals surface area contributed by atoms with Gasteiger partial charge in [0.1, 0.15) is 9.84 Å². The van der Waals surface area contributed by atoms with Crippen LogP contribution in [0.4, 0.5) is 0 Å². The Morgan fingerprint density at radius 3 is 2.58 bits per heavy atom. The lowest BCUT2D eigenvalue weighted by molar-refractivity contribution is 0.0963. The van der Waals surface area contributed by atoms with E-state index in [4.69, 9.17) is 4.74 Å². The molecule has 0 saturated heterocycles. The minimum Gasteiger partial charge on any atom is -0.379 e. The molecule has 0 atom stereocenters. The van der Waals surface area contributed by atoms with Crippen LogP contribution in [-0.2, 0) is 21.0 Å². The lowest BCUT2D eigenvalue weighted by atomic mass is 10.1. The van der Waals surface area contributed by atoms with Crippen LogP contribution in [0.5, 0.6) is 0 Å². The largest absolute Gasteiger partial charge is 0.379 e. The fraction of sp³-hybridized carbons (Fsp3) is 0.529. The summed E-state index contributed by atoms with van der Waals surface area (Å²) in [5.41, 5.74) is 1.69. The van der Waals surface area contributed by atoms with Gasteiger partial charge >= 0.3 is 0 Å². The van der Waals surface area contributed by atoms with Crippen LogP contribution in [0.3, 0.4) is 0 Å². The average Bonchev–Trinajstić information content (AvgIpc) is 2.61. The van der Waals surface area contributed by atoms with Gasteiger partial charge < -0.3 is 20.7 Å². The van der Waals surface area contributed by atoms with Gasteiger partial charge in [0.25, 0.3) is 5.91 Å². The van der Waals surface area contributed by atoms with Crippen molar-refractivity contribution in [3.8, 4) is 0 Å². The number of benzene rings is 1. The van der Waals surface area contributed by atoms with E-state index in [9.17, 15) is 13.2 Å². The Labute approximate surface area is 155 Å². The van der Waals surface area contributed by atoms with Gasteiger partial charge in [-0.2, -0.15) is 0 Å². The van der Waals surface area contributed by atoms with E-state index in [1.165, 1.54) is 6.26 Å². The number of rotatable bonds is 10. The van der Waals surface area contributed by atoms with Crippen molar-refractivity contribution in [2.75, 3.05) is 52.4 Å². The third kappa shape index (κ3) is 9.38. The molecule has 3 N–H and O–H groups in total. The summed E-state index contributed by atoms with van der Waals surface area (Å²) < 4.78 is 27.2. The summed E-state index contributed by atoms with van der Waals surface area (Å²) >= 11 is 0. The Morgan fingerprint density at radius 2 is 1.92 bits per heavy atom. The summed E-state index contributed by atoms with van der Waals surface area (Å²) in [5.74, 6) is 0.557. The summed E-state index contributed by atoms with van der Waals surface area (Å²) in [6.07, 6.45) is 1.93. The fourth-order valence-corrected chi connectivity index (χ4v) is 2.53. The molecule has 0 unspecified atom stereocenters. The first-order valence-corrected chi connectivity index (χ1v) is 10.4. The van der Waals surface area contributed by atoms with Gasteiger partial charge in [0.05, 0.1) is 19.0 Å². The van der Waals surface area contributed by atoms with E-state index in [2.05, 4.69) is 20.9 Å². The Bertz CT molecular complexity index is 704. The van der Waals surface area contributed by atoms with Crippen molar-refractivity contribution >= 4 is 21.7 Å². The Balaban J connectivity index is 2.27. The first-order chi connectivity index (χ1) is 12.4. The lowest BCUT2D eigenvalue weighted by Crippen LogP contribution is -2.40. The molecule has 0 fully saturated rings. The SMILES string of the molecule is CN=C(NCCOCCS(C)(=O)=O)NCCc1cccc(C(=O)NC)c1. The number of ether oxygens (including phenoxy) is 1. The maximum atomic E-state index is 11.6. The smallest absolute Gasteiger partial charge is 0.251 e. The number of nitrogens with zero attached hydrogens (tertiary/aromatic N) is 1. The van der Waals surface area contributed by atoms with Crippen LogP contribution >= 0.6 is 0 Å². The van der Waals surface area contributed by atoms with Crippen LogP contribution in [0.15, 0.2) is 29.3 Å². The molecule has 26 heavy (non-hydrogen) atoms. The number of aliphatic imine (C=N–C) groups is 1. The van der Waals surface area contributed by atoms with Crippen LogP contribution in [-0.4, -0.2) is 72.7 Å². The summed E-state index contributed by atoms with van der Waals surface area (Å²) in [7, 11) is 0.293. The number of sulfone groups is 1. The molecule has 0 aliphatic rings. The van der Waals surface area contributed by atoms with E-state index in [-0.39, 0.29) is 18.3 Å². The summed E-state index contributed by atoms with van der Waals surface area (Å²) in [6.45, 7) is 1.76. The standard InChI is InChI=1S/C17H28N4O4S/c1-18-16(22)15-6-4-5-14(13-15)7-8-20-17(19-2)21-9-10-25-11-12-26(3,23)24/h4-6,13H,7-12H2,1-3H3,(H,18,22)(H2,19,20,21). The zero-order chi connectivity index (χ0) is 19.4. The third-order valence-corrected chi connectivity index (χ3v) is 4.39. The van der Waals surface area contributed by atoms with E-state index in [0.717, 1.165) is 12.0 Å². The maximum Gasteiger partial charge on any atom is 0.251 e. The molecule has 0 bridgehead atoms. The molecule has 0 heterocycles. The molecule has 0 radical (unpaired) electrons. The molecule has 0 aromatic heterocycles. The van der Waals surface area contributed by atoms with E-state index in [1.807, 2.05) is 18.2 Å². The van der Waals surface area contributed by atoms with Crippen molar-refractivity contribution in [1.29, 1.82) is 0 Å². The first-order valence-electron chi connectivity index (χ1n) is 8.36. The van der Waals surface area contributed by atoms with Crippen molar-refractivity contribution in [2.45, 2.75) is 6.42 Å². The predicted molar refractivity (Wildman–Crippen MR) is 103 cm³/mol. The number of carbonyl (C=O) groups excluding carboxylic acids is 1. The number of amides is 1. The first kappa shape index (κ1) is 21.9. The van der Waals surface area contributed by atoms with Crippen LogP contribution in [0.2, 0.25) is 0 Å². The fourth-order valence-electron chi connectivity index (χ4n) is 2.11. The van der Waals surface area contributed by atoms with E-state index in [1.54, 1.807) is 20.2 Å². The molecule has 0 spiro atoms. The van der Waals surface area contributed by atoms with Gasteiger partial charge in [-0.25, -0.2) is 8.42 Å². The lowest BCUT2D eigenvalue weighted by Gasteiger charge is -2.12. The highest BCUT2D eigenvalue weighted by molar-refractivity contribution is 7.90. The van der Waals surface area contributed by atoms with Crippen molar-refractivity contribution in [2.24, 2.45) is 4.99 Å². The van der Waals surface area contributed by atoms with Crippen molar-refractivity contribution in [3.63, 3.8) is 0 Å². The van der Waals surface area contributed by atoms with Crippen molar-refractivity contribution in [3.05, 3.63) is 35.4 Å². The molecule has 1 aromatic carbocycles. The molecule has 1 amide bonds. The molecule has 8 nitrogen and oxygen atoms in total. The van der Waals surface area contributed by atoms with Crippen molar-refractivity contribution < 1.29 is 17.9 Å². The molecule has 0 aliphatic carbocycles. The van der Waals surface area contributed by atoms with Crippen LogP contribution in [0.25, 0.3) is 0 Å². The second-order valence-electron chi connectivity index (χ2n) is 5.70. The highest BCUT2D eigenvalue weighted by Crippen LogP contribution is 2.05. The summed E-state index contributed by atoms with van der Waals surface area (Å²) in [5, 5.41) is 8.88. The van der Waals surface area contributed by atoms with Gasteiger partial charge in [-0.05, 0) is 24.1 Å². The minimum atomic E-state index is -2.99. The van der Waals surface area contributed by atoms with Gasteiger partial charge in [0.15, 0.2) is 5.96 Å². The maximum absolute atomic E-state index is 11.6. The van der Waals surface area contributed by atoms with Gasteiger partial charge in [-0.1, -0.05) is 12.1 Å². The topological polar surface area (TPSA) is 109 Å². The van der Waals surface area contributed by atoms with E-state index in [0.29, 0.717) is 31.2 Å². The zero-order valence-electron chi connectivity index (χ0n) is 15.5. The number of guanidine groups is 1. The van der Waals surface area contributed by atoms with Gasteiger partial charge in [-0.3, -0.25) is 9.79 Å². The van der Waals surface area contributed by atoms with Gasteiger partial charge in [-0.15, -0.1) is 0 Å². The van der Waals surface area contributed by atoms with Gasteiger partial charge in [0, 0.05) is 39.0 Å². The monoisotopic (exact) mass is 384 g/mol. The molecule has 146 valence electrons. The molecular formula is C17H28N4O4S. The predicted octanol–water partition coefficient (Wildman–Crippen LogP) is -0.185. The Morgan fingerprint density at radius 1 is 1.19 bits per heavy atom. The van der Waals surface area contributed by atoms with Crippen molar-refractivity contribution in [1.82, 2.24) is 16.0 Å². The second-order valence-corrected chi connectivity index (χ2v) is 7.96. The third-order valence-electron chi connectivity index (χ3n) is 3.48. The average molecular weight is 385 g/mol. The Kier molecular flexibility index (Phi) is 9.67. The highest BCUT2D eigenvalue weighted by atomic mass is 32.2. The molecule has 9 heteroatoms. The number of hydrogen-bond donors (Lipinski definition) is 3. The molecule has 0 aliphatic heterocycles. The summed E-state index contributed by atoms with van der Waals surface area (Å²) in [4.78, 5) is 15.8. The second kappa shape index (κ2) is 11.5. The minimum absolute atomic E-state index is 0.0229. The number of hydrogen-bond acceptors (Lipinski definition) is 5. The number of nitrogens with one attached hydrogen (secondary N) is 3. The van der Waals surface area contributed by atoms with Crippen LogP contribution in [0.1, 0.15) is 15.9 Å². The van der Waals surface area contributed by atoms with Crippen LogP contribution in [0, 0.1) is 0 Å². The quantitative estimate of drug-likeness (QED) is 0.293. The zero-order valence-corrected chi connectivity index (χ0v) is 16.4. The molecule has 1 aromatic rings. The molecule has 0 saturated carbocycles. The Hall–Kier alpha value is -2.13. The highest BCUT2D eigenvalue weighted by Gasteiger charge is 2.04. The van der Waals surface area contributed by atoms with E-state index >= 15 is 0 Å². The number of carbonyl (C=O) groups is 1. The normalized spacial score (nSPS) is 11.9. The summed E-state index contributed by atoms with van der Waals surface area (Å²) in [6, 6.07) is 7.48. The van der Waals surface area contributed by atoms with Crippen LogP contribution < -0.4 is 16.0 Å². The molecular weight excluding hydrogens is 356 g/mol. The molecule has 1 rings (SSSR count). The van der Waals surface area contributed by atoms with E-state index < -0.39 is 9.84 Å². The van der Waals surface area contributed by atoms with Gasteiger partial charge in [0.2, 0.25) is 0 Å².